The van der Waals surface area contributed by atoms with E-state index in [9.17, 15) is 26.3 Å². The highest BCUT2D eigenvalue weighted by Gasteiger charge is 2.56. The number of hydrogen-bond donors (Lipinski definition) is 2. The third-order valence-corrected chi connectivity index (χ3v) is 1.47. The molecule has 0 fully saturated rings. The lowest BCUT2D eigenvalue weighted by atomic mass is 10.2. The summed E-state index contributed by atoms with van der Waals surface area (Å²) in [7, 11) is 0. The average molecular weight is 256 g/mol. The highest BCUT2D eigenvalue weighted by Crippen LogP contribution is 2.34. The molecule has 0 aromatic carbocycles. The number of rotatable bonds is 6. The molecule has 0 spiro atoms. The standard InChI is InChI=1S/C7H10F6O3/c8-5(7(11,12)13)6(9,10)3-16-2-4(15)1-14/h4-5,14-15H,1-3H2. The molecule has 0 aliphatic heterocycles. The first-order chi connectivity index (χ1) is 7.11. The number of hydrogen-bond acceptors (Lipinski definition) is 3. The second-order valence-electron chi connectivity index (χ2n) is 3.02. The van der Waals surface area contributed by atoms with Crippen LogP contribution < -0.4 is 0 Å². The molecule has 9 heteroatoms. The zero-order chi connectivity index (χ0) is 13.0. The van der Waals surface area contributed by atoms with E-state index in [0.717, 1.165) is 0 Å². The fourth-order valence-corrected chi connectivity index (χ4v) is 0.696. The summed E-state index contributed by atoms with van der Waals surface area (Å²) in [5.41, 5.74) is 0. The monoisotopic (exact) mass is 256 g/mol. The van der Waals surface area contributed by atoms with Crippen molar-refractivity contribution in [2.45, 2.75) is 24.4 Å². The first kappa shape index (κ1) is 15.5. The molecule has 0 bridgehead atoms. The molecule has 0 aliphatic rings. The van der Waals surface area contributed by atoms with Gasteiger partial charge in [-0.2, -0.15) is 13.2 Å². The first-order valence-corrected chi connectivity index (χ1v) is 4.06. The van der Waals surface area contributed by atoms with Crippen molar-refractivity contribution in [3.05, 3.63) is 0 Å². The quantitative estimate of drug-likeness (QED) is 0.694. The lowest BCUT2D eigenvalue weighted by molar-refractivity contribution is -0.256. The fourth-order valence-electron chi connectivity index (χ4n) is 0.696. The predicted octanol–water partition coefficient (Wildman–Crippen LogP) is 0.892. The van der Waals surface area contributed by atoms with Crippen LogP contribution in [0.3, 0.4) is 0 Å². The first-order valence-electron chi connectivity index (χ1n) is 4.06. The maximum absolute atomic E-state index is 12.5. The molecule has 16 heavy (non-hydrogen) atoms. The summed E-state index contributed by atoms with van der Waals surface area (Å²) in [5, 5.41) is 16.8. The molecule has 0 aliphatic carbocycles. The third kappa shape index (κ3) is 4.99. The van der Waals surface area contributed by atoms with Crippen LogP contribution in [0, 0.1) is 0 Å². The van der Waals surface area contributed by atoms with Crippen molar-refractivity contribution in [1.82, 2.24) is 0 Å². The van der Waals surface area contributed by atoms with E-state index in [-0.39, 0.29) is 0 Å². The molecule has 0 aromatic heterocycles. The SMILES string of the molecule is OCC(O)COCC(F)(F)C(F)C(F)(F)F. The Morgan fingerprint density at radius 2 is 1.62 bits per heavy atom. The topological polar surface area (TPSA) is 49.7 Å². The van der Waals surface area contributed by atoms with E-state index in [1.165, 1.54) is 0 Å². The summed E-state index contributed by atoms with van der Waals surface area (Å²) in [5.74, 6) is -4.73. The van der Waals surface area contributed by atoms with Gasteiger partial charge in [-0.15, -0.1) is 0 Å². The summed E-state index contributed by atoms with van der Waals surface area (Å²) in [6.45, 7) is -3.44. The van der Waals surface area contributed by atoms with Gasteiger partial charge in [-0.1, -0.05) is 0 Å². The number of aliphatic hydroxyl groups excluding tert-OH is 2. The van der Waals surface area contributed by atoms with Crippen LogP contribution in [-0.2, 0) is 4.74 Å². The van der Waals surface area contributed by atoms with Gasteiger partial charge >= 0.3 is 12.1 Å². The van der Waals surface area contributed by atoms with Crippen LogP contribution in [0.2, 0.25) is 0 Å². The number of halogens is 6. The Labute approximate surface area is 86.6 Å². The molecule has 0 rings (SSSR count). The van der Waals surface area contributed by atoms with Crippen molar-refractivity contribution >= 4 is 0 Å². The Hall–Kier alpha value is -0.540. The van der Waals surface area contributed by atoms with Gasteiger partial charge in [-0.05, 0) is 0 Å². The largest absolute Gasteiger partial charge is 0.425 e. The number of aliphatic hydroxyl groups is 2. The smallest absolute Gasteiger partial charge is 0.394 e. The van der Waals surface area contributed by atoms with Gasteiger partial charge in [-0.3, -0.25) is 0 Å². The predicted molar refractivity (Wildman–Crippen MR) is 39.8 cm³/mol. The van der Waals surface area contributed by atoms with Gasteiger partial charge in [0.1, 0.15) is 12.7 Å². The molecule has 98 valence electrons. The van der Waals surface area contributed by atoms with E-state index in [4.69, 9.17) is 10.2 Å². The van der Waals surface area contributed by atoms with Crippen LogP contribution in [0.1, 0.15) is 0 Å². The number of alkyl halides is 6. The molecule has 0 aromatic rings. The normalized spacial score (nSPS) is 17.2. The molecular formula is C7H10F6O3. The van der Waals surface area contributed by atoms with Gasteiger partial charge < -0.3 is 14.9 Å². The van der Waals surface area contributed by atoms with Crippen LogP contribution in [0.25, 0.3) is 0 Å². The van der Waals surface area contributed by atoms with Crippen molar-refractivity contribution in [1.29, 1.82) is 0 Å². The minimum Gasteiger partial charge on any atom is -0.394 e. The molecule has 0 heterocycles. The summed E-state index contributed by atoms with van der Waals surface area (Å²) in [6, 6.07) is 0. The van der Waals surface area contributed by atoms with Crippen molar-refractivity contribution in [2.24, 2.45) is 0 Å². The molecule has 0 amide bonds. The second kappa shape index (κ2) is 5.69. The zero-order valence-electron chi connectivity index (χ0n) is 7.85. The van der Waals surface area contributed by atoms with E-state index in [2.05, 4.69) is 4.74 Å². The zero-order valence-corrected chi connectivity index (χ0v) is 7.85. The maximum Gasteiger partial charge on any atom is 0.425 e. The van der Waals surface area contributed by atoms with E-state index >= 15 is 0 Å². The summed E-state index contributed by atoms with van der Waals surface area (Å²) < 4.78 is 76.0. The van der Waals surface area contributed by atoms with Crippen molar-refractivity contribution < 1.29 is 41.3 Å². The van der Waals surface area contributed by atoms with Gasteiger partial charge in [0.05, 0.1) is 13.2 Å². The molecule has 3 nitrogen and oxygen atoms in total. The average Bonchev–Trinajstić information content (AvgIpc) is 2.14. The Balaban J connectivity index is 4.14. The van der Waals surface area contributed by atoms with Crippen molar-refractivity contribution in [2.75, 3.05) is 19.8 Å². The molecule has 0 radical (unpaired) electrons. The Morgan fingerprint density at radius 3 is 2.00 bits per heavy atom. The lowest BCUT2D eigenvalue weighted by Gasteiger charge is -2.22. The Bertz CT molecular complexity index is 207. The van der Waals surface area contributed by atoms with Crippen LogP contribution in [0.4, 0.5) is 26.3 Å². The van der Waals surface area contributed by atoms with Crippen LogP contribution >= 0.6 is 0 Å². The summed E-state index contributed by atoms with van der Waals surface area (Å²) in [6.07, 6.45) is -11.5. The molecule has 2 atom stereocenters. The van der Waals surface area contributed by atoms with E-state index in [0.29, 0.717) is 0 Å². The van der Waals surface area contributed by atoms with E-state index in [1.54, 1.807) is 0 Å². The minimum atomic E-state index is -5.68. The Kier molecular flexibility index (Phi) is 5.50. The van der Waals surface area contributed by atoms with E-state index in [1.807, 2.05) is 0 Å². The van der Waals surface area contributed by atoms with Gasteiger partial charge in [0.25, 0.3) is 6.17 Å². The maximum atomic E-state index is 12.5. The minimum absolute atomic E-state index is 0.802. The Morgan fingerprint density at radius 1 is 1.12 bits per heavy atom. The lowest BCUT2D eigenvalue weighted by Crippen LogP contribution is -2.45. The highest BCUT2D eigenvalue weighted by molar-refractivity contribution is 4.82. The van der Waals surface area contributed by atoms with Crippen LogP contribution in [-0.4, -0.2) is 54.4 Å². The van der Waals surface area contributed by atoms with Gasteiger partial charge in [0.2, 0.25) is 0 Å². The van der Waals surface area contributed by atoms with Crippen molar-refractivity contribution in [3.63, 3.8) is 0 Å². The van der Waals surface area contributed by atoms with Crippen LogP contribution in [0.5, 0.6) is 0 Å². The summed E-state index contributed by atoms with van der Waals surface area (Å²) >= 11 is 0. The van der Waals surface area contributed by atoms with Gasteiger partial charge in [0.15, 0.2) is 0 Å². The third-order valence-electron chi connectivity index (χ3n) is 1.47. The molecule has 2 unspecified atom stereocenters. The molecular weight excluding hydrogens is 246 g/mol. The molecule has 2 N–H and O–H groups in total. The second-order valence-corrected chi connectivity index (χ2v) is 3.02. The van der Waals surface area contributed by atoms with Gasteiger partial charge in [0, 0.05) is 0 Å². The van der Waals surface area contributed by atoms with Gasteiger partial charge in [-0.25, -0.2) is 13.2 Å². The number of ether oxygens (including phenoxy) is 1. The highest BCUT2D eigenvalue weighted by atomic mass is 19.4. The fraction of sp³-hybridized carbons (Fsp3) is 1.00. The molecule has 0 saturated heterocycles. The van der Waals surface area contributed by atoms with E-state index < -0.39 is 44.2 Å². The van der Waals surface area contributed by atoms with Crippen molar-refractivity contribution in [3.8, 4) is 0 Å². The summed E-state index contributed by atoms with van der Waals surface area (Å²) in [4.78, 5) is 0. The van der Waals surface area contributed by atoms with Crippen LogP contribution in [0.15, 0.2) is 0 Å². The molecule has 0 saturated carbocycles.